The van der Waals surface area contributed by atoms with E-state index in [4.69, 9.17) is 4.52 Å². The number of hydrogen-bond donors (Lipinski definition) is 1. The van der Waals surface area contributed by atoms with E-state index < -0.39 is 5.97 Å². The molecule has 5 nitrogen and oxygen atoms in total. The molecule has 1 aromatic heterocycles. The zero-order chi connectivity index (χ0) is 14.7. The molecule has 1 heterocycles. The number of nitrogens with zero attached hydrogens (tertiary/aromatic N) is 2. The molecular weight excluding hydrogens is 288 g/mol. The summed E-state index contributed by atoms with van der Waals surface area (Å²) in [6.07, 6.45) is 9.09. The van der Waals surface area contributed by atoms with E-state index in [1.807, 2.05) is 11.8 Å². The van der Waals surface area contributed by atoms with Gasteiger partial charge in [0.05, 0.1) is 17.6 Å². The van der Waals surface area contributed by atoms with E-state index in [0.29, 0.717) is 12.3 Å². The molecule has 6 heteroatoms. The van der Waals surface area contributed by atoms with Crippen LogP contribution in [0.5, 0.6) is 0 Å². The summed E-state index contributed by atoms with van der Waals surface area (Å²) in [4.78, 5) is 15.7. The van der Waals surface area contributed by atoms with E-state index in [1.165, 1.54) is 32.1 Å². The van der Waals surface area contributed by atoms with Gasteiger partial charge in [-0.2, -0.15) is 16.7 Å². The number of carboxylic acids is 1. The molecule has 0 spiro atoms. The fraction of sp³-hybridized carbons (Fsp3) is 0.800. The van der Waals surface area contributed by atoms with Crippen molar-refractivity contribution in [1.82, 2.24) is 10.1 Å². The molecule has 2 fully saturated rings. The Balaban J connectivity index is 1.57. The maximum Gasteiger partial charge on any atom is 0.307 e. The van der Waals surface area contributed by atoms with Crippen molar-refractivity contribution in [3.05, 3.63) is 11.7 Å². The highest BCUT2D eigenvalue weighted by atomic mass is 32.2. The van der Waals surface area contributed by atoms with E-state index >= 15 is 0 Å². The molecule has 2 aliphatic carbocycles. The van der Waals surface area contributed by atoms with E-state index in [2.05, 4.69) is 10.1 Å². The summed E-state index contributed by atoms with van der Waals surface area (Å²) in [5.41, 5.74) is 0. The van der Waals surface area contributed by atoms with Gasteiger partial charge in [0.25, 0.3) is 0 Å². The van der Waals surface area contributed by atoms with Gasteiger partial charge < -0.3 is 9.63 Å². The number of carbonyl (C=O) groups is 1. The molecule has 0 aromatic carbocycles. The Morgan fingerprint density at radius 1 is 1.19 bits per heavy atom. The number of rotatable bonds is 5. The molecule has 0 bridgehead atoms. The molecule has 0 aliphatic heterocycles. The molecule has 1 N–H and O–H groups in total. The summed E-state index contributed by atoms with van der Waals surface area (Å²) in [7, 11) is 0. The van der Waals surface area contributed by atoms with E-state index in [9.17, 15) is 9.90 Å². The van der Waals surface area contributed by atoms with Crippen molar-refractivity contribution >= 4 is 17.7 Å². The van der Waals surface area contributed by atoms with E-state index in [1.54, 1.807) is 0 Å². The monoisotopic (exact) mass is 310 g/mol. The summed E-state index contributed by atoms with van der Waals surface area (Å²) < 4.78 is 5.33. The van der Waals surface area contributed by atoms with Gasteiger partial charge in [-0.1, -0.05) is 30.8 Å². The maximum absolute atomic E-state index is 11.2. The van der Waals surface area contributed by atoms with Crippen molar-refractivity contribution in [3.63, 3.8) is 0 Å². The summed E-state index contributed by atoms with van der Waals surface area (Å²) >= 11 is 1.91. The van der Waals surface area contributed by atoms with Crippen LogP contribution in [0.3, 0.4) is 0 Å². The van der Waals surface area contributed by atoms with Crippen molar-refractivity contribution in [2.24, 2.45) is 5.92 Å². The lowest BCUT2D eigenvalue weighted by atomic mass is 9.96. The Morgan fingerprint density at radius 3 is 2.76 bits per heavy atom. The van der Waals surface area contributed by atoms with Crippen LogP contribution in [0.25, 0.3) is 0 Å². The van der Waals surface area contributed by atoms with E-state index in [-0.39, 0.29) is 11.8 Å². The number of aromatic nitrogens is 2. The number of aliphatic carboxylic acids is 1. The van der Waals surface area contributed by atoms with Crippen molar-refractivity contribution in [1.29, 1.82) is 0 Å². The minimum Gasteiger partial charge on any atom is -0.481 e. The van der Waals surface area contributed by atoms with Gasteiger partial charge >= 0.3 is 5.97 Å². The SMILES string of the molecule is O=C(O)C1CCCC1c1nc(CSC2CCCCC2)no1. The third kappa shape index (κ3) is 3.59. The van der Waals surface area contributed by atoms with Gasteiger partial charge in [-0.15, -0.1) is 0 Å². The summed E-state index contributed by atoms with van der Waals surface area (Å²) in [5.74, 6) is 0.829. The van der Waals surface area contributed by atoms with Gasteiger partial charge in [-0.3, -0.25) is 4.79 Å². The largest absolute Gasteiger partial charge is 0.481 e. The standard InChI is InChI=1S/C15H22N2O3S/c18-15(19)12-8-4-7-11(12)14-16-13(17-20-14)9-21-10-5-2-1-3-6-10/h10-12H,1-9H2,(H,18,19). The van der Waals surface area contributed by atoms with Crippen molar-refractivity contribution in [2.45, 2.75) is 68.3 Å². The quantitative estimate of drug-likeness (QED) is 0.895. The number of hydrogen-bond acceptors (Lipinski definition) is 5. The Bertz CT molecular complexity index is 485. The molecule has 0 radical (unpaired) electrons. The van der Waals surface area contributed by atoms with Crippen LogP contribution in [0.4, 0.5) is 0 Å². The Labute approximate surface area is 128 Å². The van der Waals surface area contributed by atoms with Gasteiger partial charge in [0.15, 0.2) is 5.82 Å². The summed E-state index contributed by atoms with van der Waals surface area (Å²) in [6.45, 7) is 0. The van der Waals surface area contributed by atoms with E-state index in [0.717, 1.165) is 29.7 Å². The lowest BCUT2D eigenvalue weighted by Crippen LogP contribution is -2.17. The predicted octanol–water partition coefficient (Wildman–Crippen LogP) is 3.60. The zero-order valence-electron chi connectivity index (χ0n) is 12.2. The van der Waals surface area contributed by atoms with Gasteiger partial charge in [-0.25, -0.2) is 0 Å². The normalized spacial score (nSPS) is 27.0. The Hall–Kier alpha value is -1.04. The predicted molar refractivity (Wildman–Crippen MR) is 80.2 cm³/mol. The first-order valence-electron chi connectivity index (χ1n) is 7.91. The molecule has 3 rings (SSSR count). The van der Waals surface area contributed by atoms with Gasteiger partial charge in [-0.05, 0) is 25.7 Å². The molecule has 2 aliphatic rings. The average molecular weight is 310 g/mol. The molecular formula is C15H22N2O3S. The molecule has 1 aromatic rings. The third-order valence-electron chi connectivity index (χ3n) is 4.63. The van der Waals surface area contributed by atoms with Crippen LogP contribution in [0.2, 0.25) is 0 Å². The van der Waals surface area contributed by atoms with Crippen LogP contribution in [0.1, 0.15) is 69.0 Å². The van der Waals surface area contributed by atoms with Gasteiger partial charge in [0.1, 0.15) is 0 Å². The summed E-state index contributed by atoms with van der Waals surface area (Å²) in [5, 5.41) is 14.0. The third-order valence-corrected chi connectivity index (χ3v) is 6.00. The highest BCUT2D eigenvalue weighted by molar-refractivity contribution is 7.99. The van der Waals surface area contributed by atoms with Crippen LogP contribution in [0.15, 0.2) is 4.52 Å². The van der Waals surface area contributed by atoms with Crippen LogP contribution < -0.4 is 0 Å². The number of carboxylic acid groups (broad SMARTS) is 1. The highest BCUT2D eigenvalue weighted by Crippen LogP contribution is 2.39. The fourth-order valence-corrected chi connectivity index (χ4v) is 4.62. The Kier molecular flexibility index (Phi) is 4.83. The smallest absolute Gasteiger partial charge is 0.307 e. The molecule has 21 heavy (non-hydrogen) atoms. The van der Waals surface area contributed by atoms with Crippen LogP contribution >= 0.6 is 11.8 Å². The lowest BCUT2D eigenvalue weighted by Gasteiger charge is -2.20. The van der Waals surface area contributed by atoms with Crippen LogP contribution in [0, 0.1) is 5.92 Å². The first-order valence-corrected chi connectivity index (χ1v) is 8.96. The van der Waals surface area contributed by atoms with Crippen LogP contribution in [-0.4, -0.2) is 26.5 Å². The first-order chi connectivity index (χ1) is 10.2. The molecule has 116 valence electrons. The molecule has 0 amide bonds. The molecule has 2 unspecified atom stereocenters. The minimum absolute atomic E-state index is 0.0940. The van der Waals surface area contributed by atoms with Crippen LogP contribution in [-0.2, 0) is 10.5 Å². The van der Waals surface area contributed by atoms with Gasteiger partial charge in [0.2, 0.25) is 5.89 Å². The fourth-order valence-electron chi connectivity index (χ4n) is 3.45. The topological polar surface area (TPSA) is 76.2 Å². The highest BCUT2D eigenvalue weighted by Gasteiger charge is 2.37. The molecule has 0 saturated heterocycles. The first kappa shape index (κ1) is 14.9. The lowest BCUT2D eigenvalue weighted by molar-refractivity contribution is -0.142. The second-order valence-corrected chi connectivity index (χ2v) is 7.39. The maximum atomic E-state index is 11.2. The van der Waals surface area contributed by atoms with Crippen molar-refractivity contribution in [2.75, 3.05) is 0 Å². The van der Waals surface area contributed by atoms with Crippen molar-refractivity contribution < 1.29 is 14.4 Å². The molecule has 2 saturated carbocycles. The Morgan fingerprint density at radius 2 is 2.00 bits per heavy atom. The van der Waals surface area contributed by atoms with Gasteiger partial charge in [0, 0.05) is 5.25 Å². The second-order valence-electron chi connectivity index (χ2n) is 6.10. The van der Waals surface area contributed by atoms with Crippen molar-refractivity contribution in [3.8, 4) is 0 Å². The summed E-state index contributed by atoms with van der Waals surface area (Å²) in [6, 6.07) is 0. The number of thioether (sulfide) groups is 1. The molecule has 2 atom stereocenters. The second kappa shape index (κ2) is 6.81. The zero-order valence-corrected chi connectivity index (χ0v) is 13.0. The average Bonchev–Trinajstić information content (AvgIpc) is 3.15. The minimum atomic E-state index is -0.742.